The molecule has 4 aromatic rings. The van der Waals surface area contributed by atoms with Crippen LogP contribution in [0.2, 0.25) is 0 Å². The minimum Gasteiger partial charge on any atom is -0.466 e. The first-order valence-corrected chi connectivity index (χ1v) is 12.5. The number of ether oxygens (including phenoxy) is 1. The van der Waals surface area contributed by atoms with Crippen LogP contribution in [-0.4, -0.2) is 37.1 Å². The number of nitrogens with one attached hydrogen (secondary N) is 1. The SMILES string of the molecule is CCOC(=O)[C@@H]1CC2CCCC(C2)[C@H]1n1cc(F)c2cnc(-c3c[nH]c4ncc(C(F)(F)F)cc34)nc21. The van der Waals surface area contributed by atoms with Crippen molar-refractivity contribution in [2.24, 2.45) is 17.8 Å². The lowest BCUT2D eigenvalue weighted by atomic mass is 9.65. The zero-order chi connectivity index (χ0) is 25.9. The molecule has 1 N–H and O–H groups in total. The van der Waals surface area contributed by atoms with E-state index in [0.717, 1.165) is 37.9 Å². The molecule has 7 nitrogen and oxygen atoms in total. The summed E-state index contributed by atoms with van der Waals surface area (Å²) in [4.78, 5) is 28.7. The number of aromatic nitrogens is 5. The molecule has 0 aliphatic heterocycles. The molecule has 4 atom stereocenters. The number of nitrogens with zero attached hydrogens (tertiary/aromatic N) is 4. The van der Waals surface area contributed by atoms with Gasteiger partial charge in [0, 0.05) is 35.7 Å². The van der Waals surface area contributed by atoms with E-state index in [0.29, 0.717) is 23.5 Å². The van der Waals surface area contributed by atoms with Gasteiger partial charge in [0.2, 0.25) is 0 Å². The number of halogens is 4. The van der Waals surface area contributed by atoms with E-state index < -0.39 is 23.5 Å². The van der Waals surface area contributed by atoms with Gasteiger partial charge in [-0.3, -0.25) is 4.79 Å². The molecule has 2 saturated carbocycles. The third-order valence-corrected chi connectivity index (χ3v) is 7.84. The zero-order valence-corrected chi connectivity index (χ0v) is 20.1. The van der Waals surface area contributed by atoms with E-state index >= 15 is 4.39 Å². The first kappa shape index (κ1) is 23.9. The minimum atomic E-state index is -4.56. The molecule has 2 bridgehead atoms. The zero-order valence-electron chi connectivity index (χ0n) is 20.1. The van der Waals surface area contributed by atoms with E-state index in [9.17, 15) is 18.0 Å². The third kappa shape index (κ3) is 4.04. The summed E-state index contributed by atoms with van der Waals surface area (Å²) in [5.41, 5.74) is 0.00549. The van der Waals surface area contributed by atoms with Gasteiger partial charge in [0.1, 0.15) is 11.3 Å². The molecule has 0 spiro atoms. The maximum Gasteiger partial charge on any atom is 0.417 e. The van der Waals surface area contributed by atoms with E-state index in [1.807, 2.05) is 0 Å². The molecule has 11 heteroatoms. The number of carbonyl (C=O) groups is 1. The van der Waals surface area contributed by atoms with Gasteiger partial charge in [0.15, 0.2) is 11.6 Å². The van der Waals surface area contributed by atoms with Gasteiger partial charge in [-0.1, -0.05) is 12.8 Å². The van der Waals surface area contributed by atoms with Crippen molar-refractivity contribution in [1.82, 2.24) is 24.5 Å². The molecule has 0 aromatic carbocycles. The summed E-state index contributed by atoms with van der Waals surface area (Å²) in [5.74, 6) is -0.483. The van der Waals surface area contributed by atoms with Gasteiger partial charge in [-0.05, 0) is 44.1 Å². The fraction of sp³-hybridized carbons (Fsp3) is 0.462. The normalized spacial score (nSPS) is 24.0. The van der Waals surface area contributed by atoms with Crippen LogP contribution in [0.4, 0.5) is 17.6 Å². The van der Waals surface area contributed by atoms with Crippen molar-refractivity contribution in [3.8, 4) is 11.4 Å². The molecule has 4 heterocycles. The Hall–Kier alpha value is -3.50. The molecule has 194 valence electrons. The summed E-state index contributed by atoms with van der Waals surface area (Å²) in [5, 5.41) is 0.406. The van der Waals surface area contributed by atoms with Crippen LogP contribution in [0.1, 0.15) is 50.6 Å². The molecule has 2 fully saturated rings. The number of alkyl halides is 3. The van der Waals surface area contributed by atoms with Crippen LogP contribution in [0.25, 0.3) is 33.5 Å². The van der Waals surface area contributed by atoms with Gasteiger partial charge >= 0.3 is 12.1 Å². The van der Waals surface area contributed by atoms with Gasteiger partial charge < -0.3 is 14.3 Å². The number of hydrogen-bond acceptors (Lipinski definition) is 5. The van der Waals surface area contributed by atoms with Crippen LogP contribution >= 0.6 is 0 Å². The Morgan fingerprint density at radius 3 is 2.81 bits per heavy atom. The van der Waals surface area contributed by atoms with Gasteiger partial charge in [-0.2, -0.15) is 13.2 Å². The van der Waals surface area contributed by atoms with E-state index in [4.69, 9.17) is 4.74 Å². The van der Waals surface area contributed by atoms with Crippen molar-refractivity contribution in [3.05, 3.63) is 42.2 Å². The maximum atomic E-state index is 15.1. The van der Waals surface area contributed by atoms with Gasteiger partial charge in [0.25, 0.3) is 0 Å². The molecule has 0 radical (unpaired) electrons. The average molecular weight is 516 g/mol. The van der Waals surface area contributed by atoms with Crippen LogP contribution in [0.5, 0.6) is 0 Å². The highest BCUT2D eigenvalue weighted by Gasteiger charge is 2.45. The number of aromatic amines is 1. The van der Waals surface area contributed by atoms with Crippen molar-refractivity contribution in [1.29, 1.82) is 0 Å². The second-order valence-electron chi connectivity index (χ2n) is 10.0. The standard InChI is InChI=1S/C26H25F4N5O2/c1-2-37-25(36)17-7-13-4-3-5-14(6-13)21(17)35-12-20(27)19-11-33-23(34-24(19)35)18-10-32-22-16(18)8-15(9-31-22)26(28,29)30/h8-14,17,21H,2-7H2,1H3,(H,31,32)/t13?,14?,17-,21-/m1/s1. The van der Waals surface area contributed by atoms with Crippen molar-refractivity contribution in [2.75, 3.05) is 6.61 Å². The van der Waals surface area contributed by atoms with Crippen LogP contribution < -0.4 is 0 Å². The summed E-state index contributed by atoms with van der Waals surface area (Å²) in [6, 6.07) is 0.674. The first-order chi connectivity index (χ1) is 17.7. The summed E-state index contributed by atoms with van der Waals surface area (Å²) in [6.07, 6.45) is 5.09. The number of H-pyrrole nitrogens is 1. The Balaban J connectivity index is 1.48. The number of pyridine rings is 1. The van der Waals surface area contributed by atoms with Crippen molar-refractivity contribution < 1.29 is 27.1 Å². The third-order valence-electron chi connectivity index (χ3n) is 7.84. The molecular weight excluding hydrogens is 490 g/mol. The second kappa shape index (κ2) is 8.81. The lowest BCUT2D eigenvalue weighted by Crippen LogP contribution is -2.41. The lowest BCUT2D eigenvalue weighted by molar-refractivity contribution is -0.153. The topological polar surface area (TPSA) is 85.7 Å². The molecule has 2 unspecified atom stereocenters. The molecule has 0 amide bonds. The quantitative estimate of drug-likeness (QED) is 0.264. The summed E-state index contributed by atoms with van der Waals surface area (Å²) < 4.78 is 62.2. The number of fused-ring (bicyclic) bond motifs is 4. The number of esters is 1. The van der Waals surface area contributed by atoms with Crippen LogP contribution in [0, 0.1) is 23.6 Å². The summed E-state index contributed by atoms with van der Waals surface area (Å²) in [6.45, 7) is 2.03. The van der Waals surface area contributed by atoms with Crippen LogP contribution in [0.3, 0.4) is 0 Å². The molecule has 6 rings (SSSR count). The smallest absolute Gasteiger partial charge is 0.417 e. The number of rotatable bonds is 4. The molecule has 37 heavy (non-hydrogen) atoms. The van der Waals surface area contributed by atoms with E-state index in [1.54, 1.807) is 11.5 Å². The first-order valence-electron chi connectivity index (χ1n) is 12.5. The summed E-state index contributed by atoms with van der Waals surface area (Å²) >= 11 is 0. The Morgan fingerprint density at radius 2 is 2.03 bits per heavy atom. The fourth-order valence-electron chi connectivity index (χ4n) is 6.28. The van der Waals surface area contributed by atoms with Gasteiger partial charge in [-0.15, -0.1) is 0 Å². The Labute approximate surface area is 209 Å². The highest BCUT2D eigenvalue weighted by molar-refractivity contribution is 5.93. The Morgan fingerprint density at radius 1 is 1.19 bits per heavy atom. The predicted octanol–water partition coefficient (Wildman–Crippen LogP) is 6.06. The largest absolute Gasteiger partial charge is 0.466 e. The minimum absolute atomic E-state index is 0.143. The molecule has 4 aromatic heterocycles. The Kier molecular flexibility index (Phi) is 5.68. The highest BCUT2D eigenvalue weighted by atomic mass is 19.4. The predicted molar refractivity (Wildman–Crippen MR) is 127 cm³/mol. The molecule has 0 saturated heterocycles. The van der Waals surface area contributed by atoms with Crippen molar-refractivity contribution in [2.45, 2.75) is 51.2 Å². The van der Waals surface area contributed by atoms with Crippen LogP contribution in [-0.2, 0) is 15.7 Å². The number of hydrogen-bond donors (Lipinski definition) is 1. The monoisotopic (exact) mass is 515 g/mol. The van der Waals surface area contributed by atoms with E-state index in [-0.39, 0.29) is 46.8 Å². The van der Waals surface area contributed by atoms with Crippen molar-refractivity contribution in [3.63, 3.8) is 0 Å². The van der Waals surface area contributed by atoms with E-state index in [2.05, 4.69) is 19.9 Å². The molecule has 2 aliphatic carbocycles. The van der Waals surface area contributed by atoms with Gasteiger partial charge in [0.05, 0.1) is 29.5 Å². The average Bonchev–Trinajstić information content (AvgIpc) is 3.44. The maximum absolute atomic E-state index is 15.1. The second-order valence-corrected chi connectivity index (χ2v) is 10.0. The molecule has 2 aliphatic rings. The van der Waals surface area contributed by atoms with E-state index in [1.165, 1.54) is 18.6 Å². The van der Waals surface area contributed by atoms with Crippen molar-refractivity contribution >= 4 is 28.0 Å². The number of carbonyl (C=O) groups excluding carboxylic acids is 1. The highest BCUT2D eigenvalue weighted by Crippen LogP contribution is 2.50. The fourth-order valence-corrected chi connectivity index (χ4v) is 6.28. The van der Waals surface area contributed by atoms with Crippen LogP contribution in [0.15, 0.2) is 30.9 Å². The molecular formula is C26H25F4N5O2. The van der Waals surface area contributed by atoms with Gasteiger partial charge in [-0.25, -0.2) is 19.3 Å². The lowest BCUT2D eigenvalue weighted by Gasteiger charge is -2.44. The Bertz CT molecular complexity index is 1490. The summed E-state index contributed by atoms with van der Waals surface area (Å²) in [7, 11) is 0.